The fourth-order valence-electron chi connectivity index (χ4n) is 2.99. The highest BCUT2D eigenvalue weighted by Crippen LogP contribution is 2.28. The van der Waals surface area contributed by atoms with Crippen molar-refractivity contribution in [3.8, 4) is 0 Å². The number of hydrogen-bond donors (Lipinski definition) is 2. The molecule has 3 aliphatic heterocycles. The molecular weight excluding hydrogens is 162 g/mol. The van der Waals surface area contributed by atoms with Crippen LogP contribution in [-0.2, 0) is 0 Å². The summed E-state index contributed by atoms with van der Waals surface area (Å²) >= 11 is 0. The lowest BCUT2D eigenvalue weighted by Crippen LogP contribution is -2.59. The van der Waals surface area contributed by atoms with Crippen LogP contribution in [0.1, 0.15) is 19.3 Å². The van der Waals surface area contributed by atoms with Crippen LogP contribution in [0.4, 0.5) is 0 Å². The highest BCUT2D eigenvalue weighted by atomic mass is 15.3. The molecule has 3 aliphatic rings. The first-order chi connectivity index (χ1) is 6.43. The third-order valence-corrected chi connectivity index (χ3v) is 3.84. The van der Waals surface area contributed by atoms with Crippen LogP contribution >= 0.6 is 0 Å². The van der Waals surface area contributed by atoms with E-state index in [4.69, 9.17) is 0 Å². The van der Waals surface area contributed by atoms with Crippen molar-refractivity contribution in [1.29, 1.82) is 0 Å². The second-order valence-electron chi connectivity index (χ2n) is 4.66. The van der Waals surface area contributed by atoms with Crippen molar-refractivity contribution in [3.05, 3.63) is 0 Å². The van der Waals surface area contributed by atoms with Crippen LogP contribution in [0.5, 0.6) is 0 Å². The van der Waals surface area contributed by atoms with Gasteiger partial charge in [-0.3, -0.25) is 4.90 Å². The molecule has 13 heavy (non-hydrogen) atoms. The molecule has 0 aromatic carbocycles. The monoisotopic (exact) mass is 181 g/mol. The first-order valence-electron chi connectivity index (χ1n) is 5.64. The molecule has 2 N–H and O–H groups in total. The molecule has 0 radical (unpaired) electrons. The number of nitrogens with zero attached hydrogens (tertiary/aromatic N) is 1. The SMILES string of the molecule is C1CC2C(NC3CNC3)CCN2C1. The molecule has 2 atom stereocenters. The van der Waals surface area contributed by atoms with Crippen LogP contribution in [0, 0.1) is 0 Å². The van der Waals surface area contributed by atoms with E-state index in [2.05, 4.69) is 15.5 Å². The van der Waals surface area contributed by atoms with E-state index >= 15 is 0 Å². The third kappa shape index (κ3) is 1.39. The average molecular weight is 181 g/mol. The van der Waals surface area contributed by atoms with Crippen LogP contribution in [0.15, 0.2) is 0 Å². The topological polar surface area (TPSA) is 27.3 Å². The minimum Gasteiger partial charge on any atom is -0.314 e. The van der Waals surface area contributed by atoms with Gasteiger partial charge in [0.25, 0.3) is 0 Å². The van der Waals surface area contributed by atoms with Gasteiger partial charge in [0.2, 0.25) is 0 Å². The second-order valence-corrected chi connectivity index (χ2v) is 4.66. The number of nitrogens with one attached hydrogen (secondary N) is 2. The fourth-order valence-corrected chi connectivity index (χ4v) is 2.99. The molecule has 0 saturated carbocycles. The molecule has 0 bridgehead atoms. The zero-order chi connectivity index (χ0) is 8.67. The van der Waals surface area contributed by atoms with Gasteiger partial charge in [-0.2, -0.15) is 0 Å². The van der Waals surface area contributed by atoms with Gasteiger partial charge in [-0.1, -0.05) is 0 Å². The van der Waals surface area contributed by atoms with E-state index in [0.717, 1.165) is 18.1 Å². The highest BCUT2D eigenvalue weighted by Gasteiger charge is 2.38. The maximum absolute atomic E-state index is 3.78. The summed E-state index contributed by atoms with van der Waals surface area (Å²) in [5, 5.41) is 7.10. The van der Waals surface area contributed by atoms with Gasteiger partial charge >= 0.3 is 0 Å². The van der Waals surface area contributed by atoms with E-state index in [1.165, 1.54) is 45.4 Å². The first kappa shape index (κ1) is 8.21. The maximum Gasteiger partial charge on any atom is 0.0320 e. The Morgan fingerprint density at radius 1 is 1.15 bits per heavy atom. The zero-order valence-electron chi connectivity index (χ0n) is 8.13. The summed E-state index contributed by atoms with van der Waals surface area (Å²) in [6, 6.07) is 2.45. The lowest BCUT2D eigenvalue weighted by atomic mass is 10.0. The van der Waals surface area contributed by atoms with Crippen LogP contribution in [0.25, 0.3) is 0 Å². The molecule has 0 aromatic heterocycles. The Morgan fingerprint density at radius 3 is 2.85 bits per heavy atom. The lowest BCUT2D eigenvalue weighted by molar-refractivity contribution is 0.266. The summed E-state index contributed by atoms with van der Waals surface area (Å²) in [6.07, 6.45) is 4.23. The van der Waals surface area contributed by atoms with Gasteiger partial charge in [0.1, 0.15) is 0 Å². The van der Waals surface area contributed by atoms with Gasteiger partial charge < -0.3 is 10.6 Å². The lowest BCUT2D eigenvalue weighted by Gasteiger charge is -2.33. The minimum absolute atomic E-state index is 0.769. The molecule has 0 amide bonds. The number of hydrogen-bond acceptors (Lipinski definition) is 3. The highest BCUT2D eigenvalue weighted by molar-refractivity contribution is 4.98. The number of rotatable bonds is 2. The van der Waals surface area contributed by atoms with Gasteiger partial charge in [0.05, 0.1) is 0 Å². The molecule has 0 spiro atoms. The number of fused-ring (bicyclic) bond motifs is 1. The van der Waals surface area contributed by atoms with E-state index < -0.39 is 0 Å². The Labute approximate surface area is 79.9 Å². The molecular formula is C10H19N3. The maximum atomic E-state index is 3.78. The summed E-state index contributed by atoms with van der Waals surface area (Å²) in [4.78, 5) is 2.67. The summed E-state index contributed by atoms with van der Waals surface area (Å²) in [5.41, 5.74) is 0. The van der Waals surface area contributed by atoms with Crippen molar-refractivity contribution in [1.82, 2.24) is 15.5 Å². The molecule has 0 aliphatic carbocycles. The first-order valence-corrected chi connectivity index (χ1v) is 5.64. The summed E-state index contributed by atoms with van der Waals surface area (Å²) in [7, 11) is 0. The molecule has 74 valence electrons. The average Bonchev–Trinajstić information content (AvgIpc) is 2.58. The summed E-state index contributed by atoms with van der Waals surface area (Å²) in [5.74, 6) is 0. The molecule has 3 fully saturated rings. The van der Waals surface area contributed by atoms with E-state index in [-0.39, 0.29) is 0 Å². The van der Waals surface area contributed by atoms with Gasteiger partial charge in [-0.15, -0.1) is 0 Å². The predicted octanol–water partition coefficient (Wildman–Crippen LogP) is -0.215. The van der Waals surface area contributed by atoms with Crippen molar-refractivity contribution in [2.24, 2.45) is 0 Å². The van der Waals surface area contributed by atoms with E-state index in [1.807, 2.05) is 0 Å². The van der Waals surface area contributed by atoms with Gasteiger partial charge in [0.15, 0.2) is 0 Å². The van der Waals surface area contributed by atoms with Crippen molar-refractivity contribution in [2.75, 3.05) is 26.2 Å². The van der Waals surface area contributed by atoms with Gasteiger partial charge in [-0.25, -0.2) is 0 Å². The van der Waals surface area contributed by atoms with Crippen molar-refractivity contribution in [2.45, 2.75) is 37.4 Å². The van der Waals surface area contributed by atoms with Crippen molar-refractivity contribution >= 4 is 0 Å². The standard InChI is InChI=1S/C10H19N3/c1-2-10-9(3-5-13(10)4-1)12-8-6-11-7-8/h8-12H,1-7H2. The van der Waals surface area contributed by atoms with Crippen LogP contribution in [0.2, 0.25) is 0 Å². The molecule has 3 nitrogen and oxygen atoms in total. The molecule has 2 unspecified atom stereocenters. The van der Waals surface area contributed by atoms with Crippen LogP contribution < -0.4 is 10.6 Å². The molecule has 3 heteroatoms. The molecule has 3 rings (SSSR count). The Kier molecular flexibility index (Phi) is 2.04. The Hall–Kier alpha value is -0.120. The second kappa shape index (κ2) is 3.23. The van der Waals surface area contributed by atoms with Gasteiger partial charge in [0, 0.05) is 37.8 Å². The predicted molar refractivity (Wildman–Crippen MR) is 52.8 cm³/mol. The summed E-state index contributed by atoms with van der Waals surface area (Å²) in [6.45, 7) is 5.06. The van der Waals surface area contributed by atoms with Crippen LogP contribution in [-0.4, -0.2) is 49.2 Å². The van der Waals surface area contributed by atoms with Crippen LogP contribution in [0.3, 0.4) is 0 Å². The largest absolute Gasteiger partial charge is 0.314 e. The Morgan fingerprint density at radius 2 is 2.08 bits per heavy atom. The molecule has 0 aromatic rings. The zero-order valence-corrected chi connectivity index (χ0v) is 8.13. The molecule has 3 saturated heterocycles. The quantitative estimate of drug-likeness (QED) is 0.617. The Balaban J connectivity index is 1.58. The van der Waals surface area contributed by atoms with E-state index in [9.17, 15) is 0 Å². The smallest absolute Gasteiger partial charge is 0.0320 e. The normalized spacial score (nSPS) is 40.6. The Bertz CT molecular complexity index is 191. The van der Waals surface area contributed by atoms with Crippen molar-refractivity contribution in [3.63, 3.8) is 0 Å². The van der Waals surface area contributed by atoms with E-state index in [0.29, 0.717) is 0 Å². The van der Waals surface area contributed by atoms with Crippen molar-refractivity contribution < 1.29 is 0 Å². The minimum atomic E-state index is 0.769. The molecule has 3 heterocycles. The third-order valence-electron chi connectivity index (χ3n) is 3.84. The fraction of sp³-hybridized carbons (Fsp3) is 1.00. The van der Waals surface area contributed by atoms with E-state index in [1.54, 1.807) is 0 Å². The summed E-state index contributed by atoms with van der Waals surface area (Å²) < 4.78 is 0. The van der Waals surface area contributed by atoms with Gasteiger partial charge in [-0.05, 0) is 25.8 Å².